The molecule has 3 heterocycles. The molecule has 0 aliphatic heterocycles. The highest BCUT2D eigenvalue weighted by Crippen LogP contribution is 2.10. The normalized spacial score (nSPS) is 11.0. The maximum absolute atomic E-state index is 4.32. The van der Waals surface area contributed by atoms with Gasteiger partial charge in [0, 0.05) is 31.7 Å². The van der Waals surface area contributed by atoms with Crippen molar-refractivity contribution in [3.05, 3.63) is 59.0 Å². The van der Waals surface area contributed by atoms with Crippen LogP contribution in [0.5, 0.6) is 0 Å². The molecule has 19 heavy (non-hydrogen) atoms. The summed E-state index contributed by atoms with van der Waals surface area (Å²) < 4.78 is 2.82. The van der Waals surface area contributed by atoms with Gasteiger partial charge >= 0.3 is 0 Å². The molecule has 1 N–H and O–H groups in total. The molecule has 0 aliphatic rings. The third-order valence-corrected chi connectivity index (χ3v) is 3.24. The first kappa shape index (κ1) is 12.3. The smallest absolute Gasteiger partial charge is 0.155 e. The molecule has 0 saturated carbocycles. The third-order valence-electron chi connectivity index (χ3n) is 2.83. The second-order valence-corrected chi connectivity index (χ2v) is 4.96. The summed E-state index contributed by atoms with van der Waals surface area (Å²) in [6.45, 7) is 1.56. The zero-order valence-electron chi connectivity index (χ0n) is 10.1. The number of rotatable bonds is 4. The average molecular weight is 318 g/mol. The van der Waals surface area contributed by atoms with E-state index in [1.807, 2.05) is 28.9 Å². The summed E-state index contributed by atoms with van der Waals surface area (Å²) in [7, 11) is 0. The SMILES string of the molecule is Brc1cn2c(CNCc3ccncc3)cnc2cn1. The third kappa shape index (κ3) is 2.80. The Morgan fingerprint density at radius 2 is 1.95 bits per heavy atom. The van der Waals surface area contributed by atoms with Gasteiger partial charge in [-0.05, 0) is 33.6 Å². The molecule has 0 fully saturated rings. The van der Waals surface area contributed by atoms with Crippen LogP contribution in [0.4, 0.5) is 0 Å². The molecule has 0 atom stereocenters. The highest BCUT2D eigenvalue weighted by atomic mass is 79.9. The molecular weight excluding hydrogens is 306 g/mol. The Kier molecular flexibility index (Phi) is 3.52. The van der Waals surface area contributed by atoms with E-state index in [0.29, 0.717) is 0 Å². The van der Waals surface area contributed by atoms with Gasteiger partial charge in [0.2, 0.25) is 0 Å². The zero-order valence-corrected chi connectivity index (χ0v) is 11.7. The average Bonchev–Trinajstić information content (AvgIpc) is 2.83. The molecule has 3 aromatic heterocycles. The maximum Gasteiger partial charge on any atom is 0.155 e. The molecule has 5 nitrogen and oxygen atoms in total. The summed E-state index contributed by atoms with van der Waals surface area (Å²) in [6.07, 6.45) is 9.13. The van der Waals surface area contributed by atoms with Gasteiger partial charge in [0.1, 0.15) is 4.60 Å². The number of hydrogen-bond donors (Lipinski definition) is 1. The number of pyridine rings is 1. The van der Waals surface area contributed by atoms with Crippen molar-refractivity contribution in [2.45, 2.75) is 13.1 Å². The van der Waals surface area contributed by atoms with Crippen molar-refractivity contribution in [1.82, 2.24) is 24.7 Å². The van der Waals surface area contributed by atoms with Crippen LogP contribution in [-0.2, 0) is 13.1 Å². The molecule has 0 radical (unpaired) electrons. The minimum atomic E-state index is 0.750. The molecule has 3 aromatic rings. The number of fused-ring (bicyclic) bond motifs is 1. The lowest BCUT2D eigenvalue weighted by Crippen LogP contribution is -2.14. The topological polar surface area (TPSA) is 55.1 Å². The number of hydrogen-bond acceptors (Lipinski definition) is 4. The van der Waals surface area contributed by atoms with Crippen molar-refractivity contribution in [3.8, 4) is 0 Å². The van der Waals surface area contributed by atoms with E-state index in [-0.39, 0.29) is 0 Å². The fourth-order valence-corrected chi connectivity index (χ4v) is 2.19. The first-order chi connectivity index (χ1) is 9.33. The van der Waals surface area contributed by atoms with Gasteiger partial charge in [-0.1, -0.05) is 0 Å². The molecule has 0 aromatic carbocycles. The summed E-state index contributed by atoms with van der Waals surface area (Å²) in [6, 6.07) is 4.00. The van der Waals surface area contributed by atoms with Crippen LogP contribution < -0.4 is 5.32 Å². The van der Waals surface area contributed by atoms with E-state index in [4.69, 9.17) is 0 Å². The quantitative estimate of drug-likeness (QED) is 0.801. The summed E-state index contributed by atoms with van der Waals surface area (Å²) in [5, 5.41) is 3.39. The van der Waals surface area contributed by atoms with Crippen LogP contribution >= 0.6 is 15.9 Å². The van der Waals surface area contributed by atoms with Gasteiger partial charge in [-0.15, -0.1) is 0 Å². The number of imidazole rings is 1. The molecule has 0 aliphatic carbocycles. The van der Waals surface area contributed by atoms with Crippen LogP contribution in [0.2, 0.25) is 0 Å². The molecule has 0 amide bonds. The van der Waals surface area contributed by atoms with Crippen molar-refractivity contribution >= 4 is 21.6 Å². The number of nitrogens with zero attached hydrogens (tertiary/aromatic N) is 4. The van der Waals surface area contributed by atoms with Gasteiger partial charge in [0.15, 0.2) is 5.65 Å². The van der Waals surface area contributed by atoms with E-state index in [1.54, 1.807) is 18.6 Å². The summed E-state index contributed by atoms with van der Waals surface area (Å²) in [5.74, 6) is 0. The molecule has 0 saturated heterocycles. The van der Waals surface area contributed by atoms with Crippen LogP contribution in [0.1, 0.15) is 11.3 Å². The van der Waals surface area contributed by atoms with E-state index >= 15 is 0 Å². The maximum atomic E-state index is 4.32. The summed E-state index contributed by atoms with van der Waals surface area (Å²) >= 11 is 3.37. The molecule has 0 spiro atoms. The van der Waals surface area contributed by atoms with Crippen molar-refractivity contribution in [2.24, 2.45) is 0 Å². The van der Waals surface area contributed by atoms with Crippen LogP contribution in [0.3, 0.4) is 0 Å². The van der Waals surface area contributed by atoms with Crippen molar-refractivity contribution in [1.29, 1.82) is 0 Å². The number of halogens is 1. The highest BCUT2D eigenvalue weighted by molar-refractivity contribution is 9.10. The van der Waals surface area contributed by atoms with Gasteiger partial charge in [-0.2, -0.15) is 0 Å². The predicted octanol–water partition coefficient (Wildman–Crippen LogP) is 2.18. The van der Waals surface area contributed by atoms with E-state index in [0.717, 1.165) is 29.0 Å². The number of aromatic nitrogens is 4. The van der Waals surface area contributed by atoms with E-state index in [2.05, 4.69) is 36.2 Å². The molecule has 3 rings (SSSR count). The van der Waals surface area contributed by atoms with Crippen LogP contribution in [-0.4, -0.2) is 19.4 Å². The molecule has 0 bridgehead atoms. The zero-order chi connectivity index (χ0) is 13.1. The molecule has 6 heteroatoms. The van der Waals surface area contributed by atoms with Gasteiger partial charge in [0.05, 0.1) is 18.1 Å². The van der Waals surface area contributed by atoms with E-state index < -0.39 is 0 Å². The Labute approximate surface area is 118 Å². The van der Waals surface area contributed by atoms with Crippen LogP contribution in [0.25, 0.3) is 5.65 Å². The predicted molar refractivity (Wildman–Crippen MR) is 75.5 cm³/mol. The van der Waals surface area contributed by atoms with Crippen LogP contribution in [0, 0.1) is 0 Å². The lowest BCUT2D eigenvalue weighted by atomic mass is 10.3. The molecule has 96 valence electrons. The fraction of sp³-hybridized carbons (Fsp3) is 0.154. The van der Waals surface area contributed by atoms with Gasteiger partial charge in [0.25, 0.3) is 0 Å². The van der Waals surface area contributed by atoms with Gasteiger partial charge in [-0.3, -0.25) is 9.38 Å². The minimum Gasteiger partial charge on any atom is -0.307 e. The minimum absolute atomic E-state index is 0.750. The first-order valence-electron chi connectivity index (χ1n) is 5.90. The Morgan fingerprint density at radius 1 is 1.11 bits per heavy atom. The second kappa shape index (κ2) is 5.46. The Bertz CT molecular complexity index is 680. The Hall–Kier alpha value is -1.79. The Morgan fingerprint density at radius 3 is 2.79 bits per heavy atom. The van der Waals surface area contributed by atoms with Gasteiger partial charge in [-0.25, -0.2) is 9.97 Å². The highest BCUT2D eigenvalue weighted by Gasteiger charge is 2.03. The van der Waals surface area contributed by atoms with Crippen molar-refractivity contribution in [3.63, 3.8) is 0 Å². The monoisotopic (exact) mass is 317 g/mol. The summed E-state index contributed by atoms with van der Waals surface area (Å²) in [5.41, 5.74) is 3.17. The van der Waals surface area contributed by atoms with Crippen molar-refractivity contribution in [2.75, 3.05) is 0 Å². The Balaban J connectivity index is 1.70. The van der Waals surface area contributed by atoms with Crippen LogP contribution in [0.15, 0.2) is 47.7 Å². The number of nitrogens with one attached hydrogen (secondary N) is 1. The fourth-order valence-electron chi connectivity index (χ4n) is 1.88. The molecule has 0 unspecified atom stereocenters. The van der Waals surface area contributed by atoms with Crippen molar-refractivity contribution < 1.29 is 0 Å². The largest absolute Gasteiger partial charge is 0.307 e. The lowest BCUT2D eigenvalue weighted by Gasteiger charge is -2.05. The first-order valence-corrected chi connectivity index (χ1v) is 6.69. The van der Waals surface area contributed by atoms with E-state index in [9.17, 15) is 0 Å². The second-order valence-electron chi connectivity index (χ2n) is 4.15. The summed E-state index contributed by atoms with van der Waals surface area (Å²) in [4.78, 5) is 12.5. The lowest BCUT2D eigenvalue weighted by molar-refractivity contribution is 0.674. The molecular formula is C13H12BrN5. The standard InChI is InChI=1S/C13H12BrN5/c14-12-9-19-11(7-18-13(19)8-17-12)6-16-5-10-1-3-15-4-2-10/h1-4,7-9,16H,5-6H2. The van der Waals surface area contributed by atoms with Gasteiger partial charge < -0.3 is 5.32 Å². The van der Waals surface area contributed by atoms with E-state index in [1.165, 1.54) is 5.56 Å².